The fourth-order valence-corrected chi connectivity index (χ4v) is 2.55. The van der Waals surface area contributed by atoms with Crippen LogP contribution in [-0.2, 0) is 0 Å². The van der Waals surface area contributed by atoms with Crippen LogP contribution in [-0.4, -0.2) is 38.3 Å². The van der Waals surface area contributed by atoms with Gasteiger partial charge in [0.05, 0.1) is 13.2 Å². The summed E-state index contributed by atoms with van der Waals surface area (Å²) in [4.78, 5) is 2.28. The van der Waals surface area contributed by atoms with Gasteiger partial charge in [-0.15, -0.1) is 0 Å². The molecule has 2 rings (SSSR count). The van der Waals surface area contributed by atoms with Crippen LogP contribution in [0.2, 0.25) is 0 Å². The van der Waals surface area contributed by atoms with Crippen LogP contribution in [0.5, 0.6) is 11.5 Å². The van der Waals surface area contributed by atoms with E-state index in [9.17, 15) is 0 Å². The molecule has 20 heavy (non-hydrogen) atoms. The molecule has 112 valence electrons. The van der Waals surface area contributed by atoms with E-state index < -0.39 is 0 Å². The summed E-state index contributed by atoms with van der Waals surface area (Å²) < 4.78 is 11.4. The first kappa shape index (κ1) is 15.1. The molecule has 0 aromatic heterocycles. The normalized spacial score (nSPS) is 16.3. The van der Waals surface area contributed by atoms with E-state index in [0.29, 0.717) is 12.5 Å². The van der Waals surface area contributed by atoms with Crippen LogP contribution in [0, 0.1) is 5.92 Å². The Labute approximate surface area is 121 Å². The third-order valence-corrected chi connectivity index (χ3v) is 3.38. The summed E-state index contributed by atoms with van der Waals surface area (Å²) in [5, 5.41) is 0. The smallest absolute Gasteiger partial charge is 0.161 e. The highest BCUT2D eigenvalue weighted by Gasteiger charge is 2.15. The molecule has 0 bridgehead atoms. The summed E-state index contributed by atoms with van der Waals surface area (Å²) >= 11 is 0. The molecule has 0 spiro atoms. The number of likely N-dealkylation sites (N-methyl/N-ethyl adjacent to an activating group) is 1. The van der Waals surface area contributed by atoms with E-state index in [1.165, 1.54) is 0 Å². The third kappa shape index (κ3) is 4.12. The summed E-state index contributed by atoms with van der Waals surface area (Å²) in [6, 6.07) is 6.03. The topological polar surface area (TPSA) is 47.7 Å². The fourth-order valence-electron chi connectivity index (χ4n) is 2.55. The molecule has 0 radical (unpaired) electrons. The number of nitrogens with two attached hydrogens (primary N) is 1. The van der Waals surface area contributed by atoms with E-state index >= 15 is 0 Å². The van der Waals surface area contributed by atoms with Crippen molar-refractivity contribution in [2.24, 2.45) is 11.7 Å². The number of ether oxygens (including phenoxy) is 2. The second kappa shape index (κ2) is 6.95. The summed E-state index contributed by atoms with van der Waals surface area (Å²) in [5.74, 6) is 2.30. The molecule has 2 N–H and O–H groups in total. The summed E-state index contributed by atoms with van der Waals surface area (Å²) in [7, 11) is 2.11. The van der Waals surface area contributed by atoms with Crippen molar-refractivity contribution in [2.75, 3.05) is 33.4 Å². The van der Waals surface area contributed by atoms with E-state index in [0.717, 1.165) is 43.2 Å². The van der Waals surface area contributed by atoms with E-state index in [1.807, 2.05) is 18.2 Å². The number of nitrogens with zero attached hydrogens (tertiary/aromatic N) is 1. The molecule has 0 aliphatic carbocycles. The Kier molecular flexibility index (Phi) is 5.26. The van der Waals surface area contributed by atoms with Gasteiger partial charge < -0.3 is 20.1 Å². The SMILES string of the molecule is CC(C)CN(C)CC(N)c1ccc2c(c1)OCCCO2. The van der Waals surface area contributed by atoms with Gasteiger partial charge in [0.15, 0.2) is 11.5 Å². The lowest BCUT2D eigenvalue weighted by molar-refractivity contribution is 0.278. The predicted octanol–water partition coefficient (Wildman–Crippen LogP) is 2.44. The van der Waals surface area contributed by atoms with Crippen molar-refractivity contribution in [3.63, 3.8) is 0 Å². The Bertz CT molecular complexity index is 434. The van der Waals surface area contributed by atoms with Crippen molar-refractivity contribution in [2.45, 2.75) is 26.3 Å². The maximum atomic E-state index is 6.31. The van der Waals surface area contributed by atoms with Crippen molar-refractivity contribution in [1.82, 2.24) is 4.90 Å². The van der Waals surface area contributed by atoms with E-state index in [-0.39, 0.29) is 6.04 Å². The fraction of sp³-hybridized carbons (Fsp3) is 0.625. The molecule has 0 amide bonds. The molecular formula is C16H26N2O2. The standard InChI is InChI=1S/C16H26N2O2/c1-12(2)10-18(3)11-14(17)13-5-6-15-16(9-13)20-8-4-7-19-15/h5-6,9,12,14H,4,7-8,10-11,17H2,1-3H3. The van der Waals surface area contributed by atoms with Gasteiger partial charge in [0.1, 0.15) is 0 Å². The van der Waals surface area contributed by atoms with Gasteiger partial charge in [-0.3, -0.25) is 0 Å². The Morgan fingerprint density at radius 3 is 2.55 bits per heavy atom. The lowest BCUT2D eigenvalue weighted by Gasteiger charge is -2.23. The highest BCUT2D eigenvalue weighted by atomic mass is 16.5. The molecule has 1 atom stereocenters. The lowest BCUT2D eigenvalue weighted by atomic mass is 10.1. The first-order chi connectivity index (χ1) is 9.56. The van der Waals surface area contributed by atoms with Crippen LogP contribution in [0.1, 0.15) is 31.9 Å². The minimum atomic E-state index is -0.00379. The number of benzene rings is 1. The molecule has 1 aromatic carbocycles. The Balaban J connectivity index is 2.03. The van der Waals surface area contributed by atoms with Gasteiger partial charge in [0, 0.05) is 25.6 Å². The van der Waals surface area contributed by atoms with Gasteiger partial charge in [0.25, 0.3) is 0 Å². The molecular weight excluding hydrogens is 252 g/mol. The van der Waals surface area contributed by atoms with Crippen LogP contribution in [0.3, 0.4) is 0 Å². The number of rotatable bonds is 5. The van der Waals surface area contributed by atoms with Crippen molar-refractivity contribution in [3.8, 4) is 11.5 Å². The quantitative estimate of drug-likeness (QED) is 0.898. The molecule has 1 heterocycles. The van der Waals surface area contributed by atoms with Crippen LogP contribution in [0.4, 0.5) is 0 Å². The van der Waals surface area contributed by atoms with E-state index in [1.54, 1.807) is 0 Å². The largest absolute Gasteiger partial charge is 0.490 e. The summed E-state index contributed by atoms with van der Waals surface area (Å²) in [5.41, 5.74) is 7.41. The van der Waals surface area contributed by atoms with Crippen LogP contribution in [0.25, 0.3) is 0 Å². The van der Waals surface area contributed by atoms with E-state index in [2.05, 4.69) is 25.8 Å². The average Bonchev–Trinajstić information content (AvgIpc) is 2.61. The monoisotopic (exact) mass is 278 g/mol. The molecule has 0 fully saturated rings. The van der Waals surface area contributed by atoms with Gasteiger partial charge in [-0.25, -0.2) is 0 Å². The van der Waals surface area contributed by atoms with Crippen molar-refractivity contribution in [1.29, 1.82) is 0 Å². The lowest BCUT2D eigenvalue weighted by Crippen LogP contribution is -2.31. The predicted molar refractivity (Wildman–Crippen MR) is 81.3 cm³/mol. The molecule has 4 nitrogen and oxygen atoms in total. The first-order valence-corrected chi connectivity index (χ1v) is 7.40. The maximum Gasteiger partial charge on any atom is 0.161 e. The van der Waals surface area contributed by atoms with Crippen molar-refractivity contribution >= 4 is 0 Å². The minimum absolute atomic E-state index is 0.00379. The summed E-state index contributed by atoms with van der Waals surface area (Å²) in [6.07, 6.45) is 0.924. The van der Waals surface area contributed by atoms with Crippen LogP contribution in [0.15, 0.2) is 18.2 Å². The molecule has 1 aliphatic rings. The first-order valence-electron chi connectivity index (χ1n) is 7.40. The highest BCUT2D eigenvalue weighted by Crippen LogP contribution is 2.32. The van der Waals surface area contributed by atoms with Gasteiger partial charge in [0.2, 0.25) is 0 Å². The van der Waals surface area contributed by atoms with Gasteiger partial charge in [-0.2, -0.15) is 0 Å². The van der Waals surface area contributed by atoms with E-state index in [4.69, 9.17) is 15.2 Å². The highest BCUT2D eigenvalue weighted by molar-refractivity contribution is 5.44. The zero-order chi connectivity index (χ0) is 14.5. The Hall–Kier alpha value is -1.26. The van der Waals surface area contributed by atoms with Gasteiger partial charge >= 0.3 is 0 Å². The molecule has 4 heteroatoms. The molecule has 1 aliphatic heterocycles. The Morgan fingerprint density at radius 1 is 1.15 bits per heavy atom. The van der Waals surface area contributed by atoms with Gasteiger partial charge in [-0.1, -0.05) is 19.9 Å². The minimum Gasteiger partial charge on any atom is -0.490 e. The maximum absolute atomic E-state index is 6.31. The van der Waals surface area contributed by atoms with Crippen LogP contribution < -0.4 is 15.2 Å². The molecule has 1 aromatic rings. The third-order valence-electron chi connectivity index (χ3n) is 3.38. The van der Waals surface area contributed by atoms with Crippen molar-refractivity contribution in [3.05, 3.63) is 23.8 Å². The number of fused-ring (bicyclic) bond motifs is 1. The van der Waals surface area contributed by atoms with Gasteiger partial charge in [-0.05, 0) is 30.7 Å². The average molecular weight is 278 g/mol. The second-order valence-corrected chi connectivity index (χ2v) is 5.98. The molecule has 1 unspecified atom stereocenters. The Morgan fingerprint density at radius 2 is 1.85 bits per heavy atom. The number of hydrogen-bond acceptors (Lipinski definition) is 4. The number of hydrogen-bond donors (Lipinski definition) is 1. The second-order valence-electron chi connectivity index (χ2n) is 5.98. The zero-order valence-corrected chi connectivity index (χ0v) is 12.8. The molecule has 0 saturated heterocycles. The zero-order valence-electron chi connectivity index (χ0n) is 12.8. The van der Waals surface area contributed by atoms with Crippen molar-refractivity contribution < 1.29 is 9.47 Å². The molecule has 0 saturated carbocycles. The summed E-state index contributed by atoms with van der Waals surface area (Å²) in [6.45, 7) is 7.76. The van der Waals surface area contributed by atoms with Crippen LogP contribution >= 0.6 is 0 Å².